The lowest BCUT2D eigenvalue weighted by Gasteiger charge is -2.19. The fourth-order valence-electron chi connectivity index (χ4n) is 2.50. The zero-order chi connectivity index (χ0) is 18.4. The van der Waals surface area contributed by atoms with E-state index in [1.807, 2.05) is 13.0 Å². The summed E-state index contributed by atoms with van der Waals surface area (Å²) in [6.45, 7) is 1.87. The Morgan fingerprint density at radius 2 is 1.76 bits per heavy atom. The minimum atomic E-state index is -1.00. The molecule has 25 heavy (non-hydrogen) atoms. The number of hydrogen-bond donors (Lipinski definition) is 2. The molecule has 0 aliphatic carbocycles. The van der Waals surface area contributed by atoms with Crippen molar-refractivity contribution >= 4 is 11.9 Å². The van der Waals surface area contributed by atoms with Crippen LogP contribution in [0.3, 0.4) is 0 Å². The maximum Gasteiger partial charge on any atom is 0.305 e. The topological polar surface area (TPSA) is 84.9 Å². The normalized spacial score (nSPS) is 11.5. The van der Waals surface area contributed by atoms with Gasteiger partial charge in [0.2, 0.25) is 0 Å². The van der Waals surface area contributed by atoms with Gasteiger partial charge in [-0.15, -0.1) is 0 Å². The number of hydrogen-bond acceptors (Lipinski definition) is 4. The molecule has 0 aliphatic rings. The summed E-state index contributed by atoms with van der Waals surface area (Å²) in [5.74, 6) is -0.295. The molecule has 1 atom stereocenters. The highest BCUT2D eigenvalue weighted by Gasteiger charge is 2.21. The second kappa shape index (κ2) is 8.19. The van der Waals surface area contributed by atoms with Gasteiger partial charge in [0.25, 0.3) is 5.91 Å². The van der Waals surface area contributed by atoms with Crippen molar-refractivity contribution in [3.63, 3.8) is 0 Å². The van der Waals surface area contributed by atoms with E-state index in [9.17, 15) is 14.7 Å². The van der Waals surface area contributed by atoms with Crippen molar-refractivity contribution in [2.75, 3.05) is 14.2 Å². The molecule has 0 radical (unpaired) electrons. The Hall–Kier alpha value is -3.02. The highest BCUT2D eigenvalue weighted by Crippen LogP contribution is 2.24. The quantitative estimate of drug-likeness (QED) is 0.807. The van der Waals surface area contributed by atoms with Gasteiger partial charge in [-0.25, -0.2) is 0 Å². The van der Waals surface area contributed by atoms with E-state index in [1.54, 1.807) is 43.5 Å². The van der Waals surface area contributed by atoms with Crippen LogP contribution in [-0.4, -0.2) is 31.2 Å². The number of carbonyl (C=O) groups is 2. The fraction of sp³-hybridized carbons (Fsp3) is 0.263. The molecule has 0 aliphatic heterocycles. The Labute approximate surface area is 146 Å². The molecule has 0 aromatic heterocycles. The number of nitrogens with one attached hydrogen (secondary N) is 1. The summed E-state index contributed by atoms with van der Waals surface area (Å²) in [7, 11) is 3.04. The lowest BCUT2D eigenvalue weighted by molar-refractivity contribution is -0.137. The molecule has 2 aromatic rings. The summed E-state index contributed by atoms with van der Waals surface area (Å²) in [6.07, 6.45) is -0.230. The van der Waals surface area contributed by atoms with Crippen LogP contribution in [0.2, 0.25) is 0 Å². The lowest BCUT2D eigenvalue weighted by Crippen LogP contribution is -2.30. The first-order valence-corrected chi connectivity index (χ1v) is 7.76. The van der Waals surface area contributed by atoms with Crippen LogP contribution >= 0.6 is 0 Å². The molecule has 6 nitrogen and oxygen atoms in total. The van der Waals surface area contributed by atoms with Crippen LogP contribution in [0.5, 0.6) is 11.5 Å². The average Bonchev–Trinajstić information content (AvgIpc) is 2.60. The van der Waals surface area contributed by atoms with Gasteiger partial charge in [-0.1, -0.05) is 23.8 Å². The first kappa shape index (κ1) is 18.3. The molecular formula is C19H21NO5. The summed E-state index contributed by atoms with van der Waals surface area (Å²) >= 11 is 0. The molecule has 0 spiro atoms. The molecule has 2 rings (SSSR count). The van der Waals surface area contributed by atoms with Crippen molar-refractivity contribution in [3.05, 3.63) is 59.2 Å². The van der Waals surface area contributed by atoms with E-state index in [2.05, 4.69) is 5.32 Å². The number of carboxylic acid groups (broad SMARTS) is 1. The molecule has 0 saturated heterocycles. The average molecular weight is 343 g/mol. The van der Waals surface area contributed by atoms with Gasteiger partial charge in [-0.3, -0.25) is 9.59 Å². The van der Waals surface area contributed by atoms with E-state index < -0.39 is 12.0 Å². The van der Waals surface area contributed by atoms with Gasteiger partial charge in [-0.2, -0.15) is 0 Å². The van der Waals surface area contributed by atoms with Crippen molar-refractivity contribution < 1.29 is 24.2 Å². The van der Waals surface area contributed by atoms with Gasteiger partial charge in [-0.05, 0) is 36.8 Å². The molecule has 2 N–H and O–H groups in total. The van der Waals surface area contributed by atoms with Gasteiger partial charge in [0.1, 0.15) is 11.5 Å². The molecule has 0 unspecified atom stereocenters. The predicted molar refractivity (Wildman–Crippen MR) is 93.2 cm³/mol. The van der Waals surface area contributed by atoms with Crippen molar-refractivity contribution in [2.24, 2.45) is 0 Å². The van der Waals surface area contributed by atoms with Crippen LogP contribution < -0.4 is 14.8 Å². The number of aliphatic carboxylic acids is 1. The Morgan fingerprint density at radius 1 is 1.08 bits per heavy atom. The minimum Gasteiger partial charge on any atom is -0.497 e. The smallest absolute Gasteiger partial charge is 0.305 e. The van der Waals surface area contributed by atoms with E-state index in [-0.39, 0.29) is 12.3 Å². The number of methoxy groups -OCH3 is 2. The Kier molecular flexibility index (Phi) is 6.00. The third-order valence-electron chi connectivity index (χ3n) is 3.80. The molecule has 6 heteroatoms. The highest BCUT2D eigenvalue weighted by atomic mass is 16.5. The van der Waals surface area contributed by atoms with E-state index >= 15 is 0 Å². The van der Waals surface area contributed by atoms with Gasteiger partial charge in [0.05, 0.1) is 32.2 Å². The van der Waals surface area contributed by atoms with Gasteiger partial charge < -0.3 is 19.9 Å². The van der Waals surface area contributed by atoms with Crippen molar-refractivity contribution in [1.29, 1.82) is 0 Å². The van der Waals surface area contributed by atoms with Crippen LogP contribution in [-0.2, 0) is 4.79 Å². The van der Waals surface area contributed by atoms with Crippen LogP contribution in [0.15, 0.2) is 42.5 Å². The highest BCUT2D eigenvalue weighted by molar-refractivity contribution is 5.97. The molecule has 0 heterocycles. The summed E-state index contributed by atoms with van der Waals surface area (Å²) in [4.78, 5) is 23.9. The van der Waals surface area contributed by atoms with Crippen molar-refractivity contribution in [2.45, 2.75) is 19.4 Å². The number of carbonyl (C=O) groups excluding carboxylic acids is 1. The maximum atomic E-state index is 12.7. The Balaban J connectivity index is 2.28. The van der Waals surface area contributed by atoms with E-state index in [1.165, 1.54) is 7.11 Å². The monoisotopic (exact) mass is 343 g/mol. The van der Waals surface area contributed by atoms with Gasteiger partial charge >= 0.3 is 5.97 Å². The summed E-state index contributed by atoms with van der Waals surface area (Å²) in [5.41, 5.74) is 1.96. The molecule has 2 aromatic carbocycles. The molecule has 0 saturated carbocycles. The Bertz CT molecular complexity index is 755. The van der Waals surface area contributed by atoms with Gasteiger partial charge in [0.15, 0.2) is 0 Å². The zero-order valence-electron chi connectivity index (χ0n) is 14.4. The van der Waals surface area contributed by atoms with E-state index in [4.69, 9.17) is 9.47 Å². The fourth-order valence-corrected chi connectivity index (χ4v) is 2.50. The molecule has 0 fully saturated rings. The SMILES string of the molecule is COc1ccc([C@@H](CC(=O)O)NC(=O)c2cc(C)ccc2OC)cc1. The molecule has 132 valence electrons. The minimum absolute atomic E-state index is 0.230. The summed E-state index contributed by atoms with van der Waals surface area (Å²) < 4.78 is 10.3. The third-order valence-corrected chi connectivity index (χ3v) is 3.80. The van der Waals surface area contributed by atoms with Crippen LogP contribution in [0.1, 0.15) is 33.9 Å². The van der Waals surface area contributed by atoms with Crippen LogP contribution in [0.4, 0.5) is 0 Å². The van der Waals surface area contributed by atoms with Crippen molar-refractivity contribution in [1.82, 2.24) is 5.32 Å². The zero-order valence-corrected chi connectivity index (χ0v) is 14.4. The largest absolute Gasteiger partial charge is 0.497 e. The first-order chi connectivity index (χ1) is 11.9. The maximum absolute atomic E-state index is 12.7. The number of carboxylic acids is 1. The third kappa shape index (κ3) is 4.73. The van der Waals surface area contributed by atoms with E-state index in [0.717, 1.165) is 5.56 Å². The molecule has 1 amide bonds. The number of amides is 1. The summed E-state index contributed by atoms with van der Waals surface area (Å²) in [5, 5.41) is 12.0. The number of rotatable bonds is 7. The Morgan fingerprint density at radius 3 is 2.32 bits per heavy atom. The predicted octanol–water partition coefficient (Wildman–Crippen LogP) is 2.96. The standard InChI is InChI=1S/C19H21NO5/c1-12-4-9-17(25-3)15(10-12)19(23)20-16(11-18(21)22)13-5-7-14(24-2)8-6-13/h4-10,16H,11H2,1-3H3,(H,20,23)(H,21,22)/t16-/m1/s1. The second-order valence-electron chi connectivity index (χ2n) is 5.60. The summed E-state index contributed by atoms with van der Waals surface area (Å²) in [6, 6.07) is 11.5. The molecular weight excluding hydrogens is 322 g/mol. The molecule has 0 bridgehead atoms. The van der Waals surface area contributed by atoms with Crippen LogP contribution in [0, 0.1) is 6.92 Å². The van der Waals surface area contributed by atoms with Gasteiger partial charge in [0, 0.05) is 0 Å². The second-order valence-corrected chi connectivity index (χ2v) is 5.60. The number of benzene rings is 2. The number of aryl methyl sites for hydroxylation is 1. The lowest BCUT2D eigenvalue weighted by atomic mass is 10.0. The van der Waals surface area contributed by atoms with E-state index in [0.29, 0.717) is 22.6 Å². The van der Waals surface area contributed by atoms with Crippen molar-refractivity contribution in [3.8, 4) is 11.5 Å². The number of ether oxygens (including phenoxy) is 2. The first-order valence-electron chi connectivity index (χ1n) is 7.76. The van der Waals surface area contributed by atoms with Crippen LogP contribution in [0.25, 0.3) is 0 Å².